The number of aromatic nitrogens is 4. The van der Waals surface area contributed by atoms with E-state index in [9.17, 15) is 4.39 Å². The second kappa shape index (κ2) is 5.95. The fourth-order valence-corrected chi connectivity index (χ4v) is 1.23. The van der Waals surface area contributed by atoms with E-state index in [2.05, 4.69) is 15.3 Å². The Balaban J connectivity index is 0.000000606. The molecule has 0 aromatic carbocycles. The molecule has 4 nitrogen and oxygen atoms in total. The maximum absolute atomic E-state index is 13.2. The molecule has 0 bridgehead atoms. The first kappa shape index (κ1) is 12.3. The summed E-state index contributed by atoms with van der Waals surface area (Å²) in [5.41, 5.74) is 0.512. The Morgan fingerprint density at radius 3 is 2.62 bits per heavy atom. The number of nitrogens with zero attached hydrogens (tertiary/aromatic N) is 4. The molecular formula is C11H15FN4. The largest absolute Gasteiger partial charge is 0.242 e. The van der Waals surface area contributed by atoms with Gasteiger partial charge in [-0.2, -0.15) is 0 Å². The van der Waals surface area contributed by atoms with Crippen molar-refractivity contribution in [1.82, 2.24) is 20.0 Å². The van der Waals surface area contributed by atoms with Gasteiger partial charge in [0.05, 0.1) is 12.4 Å². The average molecular weight is 222 g/mol. The van der Waals surface area contributed by atoms with Gasteiger partial charge < -0.3 is 0 Å². The Morgan fingerprint density at radius 1 is 1.31 bits per heavy atom. The number of alkyl halides is 1. The highest BCUT2D eigenvalue weighted by Crippen LogP contribution is 2.20. The monoisotopic (exact) mass is 222 g/mol. The molecule has 16 heavy (non-hydrogen) atoms. The Bertz CT molecular complexity index is 412. The molecule has 0 saturated carbocycles. The third kappa shape index (κ3) is 2.62. The van der Waals surface area contributed by atoms with Crippen LogP contribution in [0.2, 0.25) is 0 Å². The summed E-state index contributed by atoms with van der Waals surface area (Å²) < 4.78 is 14.6. The fraction of sp³-hybridized carbons (Fsp3) is 0.364. The summed E-state index contributed by atoms with van der Waals surface area (Å²) in [7, 11) is 0. The van der Waals surface area contributed by atoms with Gasteiger partial charge in [0.15, 0.2) is 5.82 Å². The van der Waals surface area contributed by atoms with Crippen LogP contribution < -0.4 is 0 Å². The average Bonchev–Trinajstić information content (AvgIpc) is 2.85. The molecular weight excluding hydrogens is 207 g/mol. The van der Waals surface area contributed by atoms with E-state index in [1.807, 2.05) is 13.8 Å². The van der Waals surface area contributed by atoms with E-state index in [1.165, 1.54) is 17.8 Å². The van der Waals surface area contributed by atoms with Crippen LogP contribution in [0.3, 0.4) is 0 Å². The predicted octanol–water partition coefficient (Wildman–Crippen LogP) is 2.72. The molecule has 2 aromatic heterocycles. The van der Waals surface area contributed by atoms with Crippen molar-refractivity contribution in [1.29, 1.82) is 0 Å². The Morgan fingerprint density at radius 2 is 2.06 bits per heavy atom. The first-order valence-electron chi connectivity index (χ1n) is 5.24. The van der Waals surface area contributed by atoms with Gasteiger partial charge in [-0.3, -0.25) is 0 Å². The van der Waals surface area contributed by atoms with Crippen molar-refractivity contribution in [3.05, 3.63) is 36.3 Å². The van der Waals surface area contributed by atoms with Gasteiger partial charge in [-0.15, -0.1) is 5.10 Å². The molecule has 2 heterocycles. The van der Waals surface area contributed by atoms with Crippen LogP contribution in [-0.4, -0.2) is 20.0 Å². The van der Waals surface area contributed by atoms with Crippen LogP contribution >= 0.6 is 0 Å². The molecule has 0 fully saturated rings. The van der Waals surface area contributed by atoms with Crippen LogP contribution in [0.5, 0.6) is 0 Å². The Hall–Kier alpha value is -1.78. The molecule has 0 radical (unpaired) electrons. The van der Waals surface area contributed by atoms with E-state index >= 15 is 0 Å². The molecule has 0 spiro atoms. The number of rotatable bonds is 2. The molecule has 86 valence electrons. The minimum absolute atomic E-state index is 0.486. The van der Waals surface area contributed by atoms with Crippen molar-refractivity contribution in [2.75, 3.05) is 0 Å². The van der Waals surface area contributed by atoms with Crippen molar-refractivity contribution in [2.24, 2.45) is 0 Å². The lowest BCUT2D eigenvalue weighted by Gasteiger charge is -2.07. The smallest absolute Gasteiger partial charge is 0.161 e. The standard InChI is InChI=1S/C9H9FN4.C2H6/c1-7(10)8-3-2-4-11-9(8)14-6-5-12-13-14;1-2/h2-7H,1H3;1-2H3. The SMILES string of the molecule is CC.CC(F)c1cccnc1-n1ccnn1. The molecule has 0 amide bonds. The van der Waals surface area contributed by atoms with E-state index in [1.54, 1.807) is 24.5 Å². The molecule has 0 aliphatic carbocycles. The number of pyridine rings is 1. The maximum Gasteiger partial charge on any atom is 0.161 e. The lowest BCUT2D eigenvalue weighted by Crippen LogP contribution is -2.03. The summed E-state index contributed by atoms with van der Waals surface area (Å²) in [4.78, 5) is 4.06. The van der Waals surface area contributed by atoms with E-state index in [0.717, 1.165) is 0 Å². The first-order chi connectivity index (χ1) is 7.79. The second-order valence-corrected chi connectivity index (χ2v) is 2.88. The highest BCUT2D eigenvalue weighted by atomic mass is 19.1. The van der Waals surface area contributed by atoms with E-state index in [-0.39, 0.29) is 0 Å². The normalized spacial score (nSPS) is 11.5. The number of hydrogen-bond donors (Lipinski definition) is 0. The molecule has 1 unspecified atom stereocenters. The third-order valence-electron chi connectivity index (χ3n) is 1.88. The summed E-state index contributed by atoms with van der Waals surface area (Å²) >= 11 is 0. The van der Waals surface area contributed by atoms with E-state index in [4.69, 9.17) is 0 Å². The van der Waals surface area contributed by atoms with Gasteiger partial charge in [-0.25, -0.2) is 14.1 Å². The number of hydrogen-bond acceptors (Lipinski definition) is 3. The summed E-state index contributed by atoms with van der Waals surface area (Å²) in [6.07, 6.45) is 3.70. The molecule has 0 N–H and O–H groups in total. The summed E-state index contributed by atoms with van der Waals surface area (Å²) in [6, 6.07) is 3.39. The van der Waals surface area contributed by atoms with Crippen LogP contribution in [-0.2, 0) is 0 Å². The maximum atomic E-state index is 13.2. The Kier molecular flexibility index (Phi) is 4.57. The summed E-state index contributed by atoms with van der Waals surface area (Å²) in [5.74, 6) is 0.486. The minimum atomic E-state index is -1.07. The van der Waals surface area contributed by atoms with Gasteiger partial charge in [-0.05, 0) is 13.0 Å². The van der Waals surface area contributed by atoms with Crippen molar-refractivity contribution in [3.63, 3.8) is 0 Å². The van der Waals surface area contributed by atoms with Gasteiger partial charge in [0, 0.05) is 11.8 Å². The lowest BCUT2D eigenvalue weighted by molar-refractivity contribution is 0.371. The molecule has 0 saturated heterocycles. The van der Waals surface area contributed by atoms with Crippen LogP contribution in [0.25, 0.3) is 5.82 Å². The van der Waals surface area contributed by atoms with Gasteiger partial charge in [-0.1, -0.05) is 25.1 Å². The zero-order valence-electron chi connectivity index (χ0n) is 9.63. The lowest BCUT2D eigenvalue weighted by atomic mass is 10.2. The third-order valence-corrected chi connectivity index (χ3v) is 1.88. The summed E-state index contributed by atoms with van der Waals surface area (Å²) in [5, 5.41) is 7.42. The highest BCUT2D eigenvalue weighted by molar-refractivity contribution is 5.33. The van der Waals surface area contributed by atoms with Crippen LogP contribution in [0.15, 0.2) is 30.7 Å². The molecule has 2 rings (SSSR count). The van der Waals surface area contributed by atoms with Gasteiger partial charge >= 0.3 is 0 Å². The Labute approximate surface area is 94.1 Å². The van der Waals surface area contributed by atoms with Crippen molar-refractivity contribution >= 4 is 0 Å². The molecule has 2 aromatic rings. The fourth-order valence-electron chi connectivity index (χ4n) is 1.23. The minimum Gasteiger partial charge on any atom is -0.242 e. The number of halogens is 1. The molecule has 5 heteroatoms. The van der Waals surface area contributed by atoms with E-state index in [0.29, 0.717) is 11.4 Å². The molecule has 0 aliphatic rings. The van der Waals surface area contributed by atoms with Crippen LogP contribution in [0.4, 0.5) is 4.39 Å². The first-order valence-corrected chi connectivity index (χ1v) is 5.24. The zero-order chi connectivity index (χ0) is 12.0. The van der Waals surface area contributed by atoms with Gasteiger partial charge in [0.2, 0.25) is 0 Å². The van der Waals surface area contributed by atoms with Crippen LogP contribution in [0.1, 0.15) is 32.5 Å². The van der Waals surface area contributed by atoms with Gasteiger partial charge in [0.25, 0.3) is 0 Å². The highest BCUT2D eigenvalue weighted by Gasteiger charge is 2.11. The van der Waals surface area contributed by atoms with E-state index < -0.39 is 6.17 Å². The molecule has 1 atom stereocenters. The predicted molar refractivity (Wildman–Crippen MR) is 60.0 cm³/mol. The topological polar surface area (TPSA) is 43.6 Å². The second-order valence-electron chi connectivity index (χ2n) is 2.88. The van der Waals surface area contributed by atoms with Crippen molar-refractivity contribution < 1.29 is 4.39 Å². The zero-order valence-corrected chi connectivity index (χ0v) is 9.63. The quantitative estimate of drug-likeness (QED) is 0.784. The molecule has 0 aliphatic heterocycles. The summed E-state index contributed by atoms with van der Waals surface area (Å²) in [6.45, 7) is 5.47. The van der Waals surface area contributed by atoms with Gasteiger partial charge in [0.1, 0.15) is 6.17 Å². The van der Waals surface area contributed by atoms with Crippen molar-refractivity contribution in [3.8, 4) is 5.82 Å². The van der Waals surface area contributed by atoms with Crippen molar-refractivity contribution in [2.45, 2.75) is 26.9 Å². The van der Waals surface area contributed by atoms with Crippen LogP contribution in [0, 0.1) is 0 Å².